The maximum Gasteiger partial charge on any atom is 0.436 e. The predicted octanol–water partition coefficient (Wildman–Crippen LogP) is 0.784. The fourth-order valence-corrected chi connectivity index (χ4v) is 1.16. The van der Waals surface area contributed by atoms with Gasteiger partial charge in [-0.05, 0) is 0 Å². The van der Waals surface area contributed by atoms with Crippen LogP contribution in [0.2, 0.25) is 0 Å². The molecule has 0 atom stereocenters. The number of rotatable bonds is 2. The Hall–Kier alpha value is -1.64. The highest BCUT2D eigenvalue weighted by atomic mass is 19.4. The molecule has 1 heterocycles. The minimum atomic E-state index is -4.89. The van der Waals surface area contributed by atoms with Crippen molar-refractivity contribution in [1.29, 1.82) is 0 Å². The van der Waals surface area contributed by atoms with Gasteiger partial charge < -0.3 is 0 Å². The second-order valence-electron chi connectivity index (χ2n) is 3.47. The molecule has 9 heteroatoms. The molecule has 0 fully saturated rings. The van der Waals surface area contributed by atoms with E-state index in [1.165, 1.54) is 14.1 Å². The quantitative estimate of drug-likeness (QED) is 0.627. The van der Waals surface area contributed by atoms with E-state index in [1.807, 2.05) is 5.43 Å². The van der Waals surface area contributed by atoms with E-state index in [0.717, 1.165) is 12.1 Å². The summed E-state index contributed by atoms with van der Waals surface area (Å²) in [6, 6.07) is 0. The predicted molar refractivity (Wildman–Crippen MR) is 49.3 cm³/mol. The molecule has 1 N–H and O–H groups in total. The van der Waals surface area contributed by atoms with Crippen LogP contribution < -0.4 is 5.43 Å². The monoisotopic (exact) mass is 254 g/mol. The van der Waals surface area contributed by atoms with Crippen molar-refractivity contribution in [3.8, 4) is 0 Å². The highest BCUT2D eigenvalue weighted by molar-refractivity contribution is 5.95. The average Bonchev–Trinajstić information content (AvgIpc) is 2.41. The van der Waals surface area contributed by atoms with Crippen molar-refractivity contribution in [2.75, 3.05) is 14.1 Å². The zero-order chi connectivity index (χ0) is 13.4. The van der Waals surface area contributed by atoms with Gasteiger partial charge >= 0.3 is 6.18 Å². The first-order valence-electron chi connectivity index (χ1n) is 4.42. The lowest BCUT2D eigenvalue weighted by Gasteiger charge is -2.12. The van der Waals surface area contributed by atoms with Gasteiger partial charge in [0.2, 0.25) is 5.95 Å². The van der Waals surface area contributed by atoms with Crippen molar-refractivity contribution in [2.24, 2.45) is 7.05 Å². The first kappa shape index (κ1) is 13.4. The summed E-state index contributed by atoms with van der Waals surface area (Å²) in [5, 5.41) is 4.05. The van der Waals surface area contributed by atoms with Crippen molar-refractivity contribution in [1.82, 2.24) is 20.2 Å². The second kappa shape index (κ2) is 4.32. The molecular weight excluding hydrogens is 244 g/mol. The van der Waals surface area contributed by atoms with Crippen LogP contribution in [0.25, 0.3) is 0 Å². The van der Waals surface area contributed by atoms with Crippen molar-refractivity contribution >= 4 is 5.91 Å². The van der Waals surface area contributed by atoms with E-state index in [1.54, 1.807) is 0 Å². The number of hydrazine groups is 1. The van der Waals surface area contributed by atoms with Crippen LogP contribution in [0.5, 0.6) is 0 Å². The molecule has 5 nitrogen and oxygen atoms in total. The Morgan fingerprint density at radius 3 is 2.35 bits per heavy atom. The molecule has 96 valence electrons. The second-order valence-corrected chi connectivity index (χ2v) is 3.47. The van der Waals surface area contributed by atoms with Gasteiger partial charge in [-0.1, -0.05) is 0 Å². The van der Waals surface area contributed by atoms with Gasteiger partial charge in [-0.15, -0.1) is 0 Å². The van der Waals surface area contributed by atoms with Crippen LogP contribution in [-0.2, 0) is 13.2 Å². The van der Waals surface area contributed by atoms with Crippen LogP contribution in [-0.4, -0.2) is 34.8 Å². The number of amides is 1. The summed E-state index contributed by atoms with van der Waals surface area (Å²) >= 11 is 0. The Bertz CT molecular complexity index is 437. The van der Waals surface area contributed by atoms with Gasteiger partial charge in [0.15, 0.2) is 5.69 Å². The summed E-state index contributed by atoms with van der Waals surface area (Å²) in [6.07, 6.45) is -4.89. The lowest BCUT2D eigenvalue weighted by Crippen LogP contribution is -2.37. The van der Waals surface area contributed by atoms with Crippen LogP contribution in [0.4, 0.5) is 17.6 Å². The molecule has 0 saturated heterocycles. The Balaban J connectivity index is 3.26. The van der Waals surface area contributed by atoms with E-state index in [2.05, 4.69) is 5.10 Å². The van der Waals surface area contributed by atoms with Crippen LogP contribution in [0, 0.1) is 5.95 Å². The fourth-order valence-electron chi connectivity index (χ4n) is 1.16. The van der Waals surface area contributed by atoms with E-state index < -0.39 is 29.3 Å². The van der Waals surface area contributed by atoms with Gasteiger partial charge in [-0.25, -0.2) is 9.69 Å². The lowest BCUT2D eigenvalue weighted by molar-refractivity contribution is -0.141. The van der Waals surface area contributed by atoms with Crippen LogP contribution in [0.3, 0.4) is 0 Å². The molecule has 0 aliphatic heterocycles. The summed E-state index contributed by atoms with van der Waals surface area (Å²) in [6.45, 7) is 0. The molecule has 0 radical (unpaired) electrons. The Labute approximate surface area is 94.0 Å². The molecule has 0 aliphatic carbocycles. The number of aryl methyl sites for hydroxylation is 1. The van der Waals surface area contributed by atoms with Gasteiger partial charge in [-0.2, -0.15) is 22.7 Å². The summed E-state index contributed by atoms with van der Waals surface area (Å²) in [5.74, 6) is -2.54. The summed E-state index contributed by atoms with van der Waals surface area (Å²) in [5.41, 5.74) is -0.635. The molecule has 0 spiro atoms. The third-order valence-corrected chi connectivity index (χ3v) is 1.80. The molecule has 0 unspecified atom stereocenters. The van der Waals surface area contributed by atoms with Crippen LogP contribution >= 0.6 is 0 Å². The van der Waals surface area contributed by atoms with E-state index >= 15 is 0 Å². The number of hydrogen-bond donors (Lipinski definition) is 1. The molecule has 1 aromatic rings. The smallest absolute Gasteiger partial charge is 0.285 e. The first-order chi connectivity index (χ1) is 7.64. The molecule has 1 rings (SSSR count). The summed E-state index contributed by atoms with van der Waals surface area (Å²) in [7, 11) is 3.76. The Morgan fingerprint density at radius 2 is 1.94 bits per heavy atom. The number of aromatic nitrogens is 2. The first-order valence-corrected chi connectivity index (χ1v) is 4.42. The standard InChI is InChI=1S/C8H10F4N4O/c1-15(2)14-7(17)4-5(8(10,11)12)13-16(3)6(4)9/h1-3H3,(H,14,17). The number of nitrogens with zero attached hydrogens (tertiary/aromatic N) is 3. The number of alkyl halides is 3. The third kappa shape index (κ3) is 2.73. The van der Waals surface area contributed by atoms with Crippen molar-refractivity contribution in [3.63, 3.8) is 0 Å². The van der Waals surface area contributed by atoms with Gasteiger partial charge in [0.05, 0.1) is 0 Å². The summed E-state index contributed by atoms with van der Waals surface area (Å²) in [4.78, 5) is 11.4. The van der Waals surface area contributed by atoms with Gasteiger partial charge in [0.25, 0.3) is 5.91 Å². The number of nitrogens with one attached hydrogen (secondary N) is 1. The fraction of sp³-hybridized carbons (Fsp3) is 0.500. The molecule has 0 bridgehead atoms. The normalized spacial score (nSPS) is 12.0. The average molecular weight is 254 g/mol. The minimum absolute atomic E-state index is 0.368. The van der Waals surface area contributed by atoms with Gasteiger partial charge in [0, 0.05) is 21.1 Å². The minimum Gasteiger partial charge on any atom is -0.285 e. The van der Waals surface area contributed by atoms with E-state index in [4.69, 9.17) is 0 Å². The highest BCUT2D eigenvalue weighted by Gasteiger charge is 2.41. The zero-order valence-corrected chi connectivity index (χ0v) is 9.26. The summed E-state index contributed by atoms with van der Waals surface area (Å²) < 4.78 is 51.3. The lowest BCUT2D eigenvalue weighted by atomic mass is 10.2. The van der Waals surface area contributed by atoms with Gasteiger partial charge in [0.1, 0.15) is 5.56 Å². The molecule has 0 aromatic carbocycles. The topological polar surface area (TPSA) is 50.2 Å². The van der Waals surface area contributed by atoms with E-state index in [-0.39, 0.29) is 0 Å². The maximum absolute atomic E-state index is 13.4. The third-order valence-electron chi connectivity index (χ3n) is 1.80. The zero-order valence-electron chi connectivity index (χ0n) is 9.26. The van der Waals surface area contributed by atoms with E-state index in [0.29, 0.717) is 4.68 Å². The maximum atomic E-state index is 13.4. The molecule has 1 aromatic heterocycles. The number of halogens is 4. The van der Waals surface area contributed by atoms with Crippen molar-refractivity contribution in [2.45, 2.75) is 6.18 Å². The van der Waals surface area contributed by atoms with Crippen molar-refractivity contribution in [3.05, 3.63) is 17.2 Å². The molecular formula is C8H10F4N4O. The van der Waals surface area contributed by atoms with Crippen LogP contribution in [0.15, 0.2) is 0 Å². The number of carbonyl (C=O) groups is 1. The molecule has 0 aliphatic rings. The van der Waals surface area contributed by atoms with E-state index in [9.17, 15) is 22.4 Å². The molecule has 17 heavy (non-hydrogen) atoms. The molecule has 0 saturated carbocycles. The number of carbonyl (C=O) groups excluding carboxylic acids is 1. The SMILES string of the molecule is CN(C)NC(=O)c1c(C(F)(F)F)nn(C)c1F. The van der Waals surface area contributed by atoms with Gasteiger partial charge in [-0.3, -0.25) is 10.2 Å². The molecule has 1 amide bonds. The van der Waals surface area contributed by atoms with Crippen LogP contribution in [0.1, 0.15) is 16.1 Å². The van der Waals surface area contributed by atoms with Crippen molar-refractivity contribution < 1.29 is 22.4 Å². The Kier molecular flexibility index (Phi) is 3.41. The highest BCUT2D eigenvalue weighted by Crippen LogP contribution is 2.31. The number of hydrogen-bond acceptors (Lipinski definition) is 3. The largest absolute Gasteiger partial charge is 0.436 e. The Morgan fingerprint density at radius 1 is 1.41 bits per heavy atom.